The fourth-order valence-corrected chi connectivity index (χ4v) is 6.89. The Morgan fingerprint density at radius 3 is 2.59 bits per heavy atom. The molecule has 1 atom stereocenters. The summed E-state index contributed by atoms with van der Waals surface area (Å²) in [5, 5.41) is 5.41. The lowest BCUT2D eigenvalue weighted by molar-refractivity contribution is -0.00138. The highest BCUT2D eigenvalue weighted by Crippen LogP contribution is 2.54. The maximum atomic E-state index is 13.1. The number of thiophene rings is 1. The lowest BCUT2D eigenvalue weighted by Crippen LogP contribution is -2.65. The fourth-order valence-electron chi connectivity index (χ4n) is 5.44. The molecule has 2 saturated carbocycles. The van der Waals surface area contributed by atoms with E-state index in [0.29, 0.717) is 17.9 Å². The van der Waals surface area contributed by atoms with E-state index in [9.17, 15) is 4.79 Å². The maximum absolute atomic E-state index is 13.1. The topological polar surface area (TPSA) is 32.3 Å². The number of halogens is 2. The summed E-state index contributed by atoms with van der Waals surface area (Å²) in [6.07, 6.45) is 7.44. The van der Waals surface area contributed by atoms with Crippen LogP contribution in [0.25, 0.3) is 10.1 Å². The second-order valence-corrected chi connectivity index (χ2v) is 10.1. The molecule has 5 fully saturated rings. The van der Waals surface area contributed by atoms with Crippen LogP contribution in [0, 0.1) is 5.92 Å². The van der Waals surface area contributed by atoms with E-state index >= 15 is 0 Å². The van der Waals surface area contributed by atoms with Gasteiger partial charge in [-0.1, -0.05) is 23.7 Å². The van der Waals surface area contributed by atoms with Crippen molar-refractivity contribution in [2.24, 2.45) is 5.92 Å². The molecule has 4 heterocycles. The Hall–Kier alpha value is -0.810. The van der Waals surface area contributed by atoms with Crippen LogP contribution in [0.1, 0.15) is 59.7 Å². The lowest BCUT2D eigenvalue weighted by Gasteiger charge is -2.52. The van der Waals surface area contributed by atoms with Crippen LogP contribution in [0.2, 0.25) is 5.02 Å². The minimum absolute atomic E-state index is 0. The molecule has 3 aliphatic heterocycles. The molecule has 2 bridgehead atoms. The highest BCUT2D eigenvalue weighted by molar-refractivity contribution is 7.21. The SMILES string of the molecule is Cl.O=C(N[C@@H]1C2CCN(CC2)C12CC2)c1cc2ccc(C3CC3)c(Cl)c2s1. The average molecular weight is 423 g/mol. The molecule has 2 aromatic rings. The number of piperidine rings is 3. The van der Waals surface area contributed by atoms with Crippen molar-refractivity contribution in [3.8, 4) is 0 Å². The van der Waals surface area contributed by atoms with Gasteiger partial charge < -0.3 is 5.32 Å². The number of fused-ring (bicyclic) bond motifs is 3. The van der Waals surface area contributed by atoms with E-state index in [-0.39, 0.29) is 23.9 Å². The second kappa shape index (κ2) is 6.35. The number of carbonyl (C=O) groups excluding carboxylic acids is 1. The number of rotatable bonds is 3. The highest BCUT2D eigenvalue weighted by Gasteiger charge is 2.60. The van der Waals surface area contributed by atoms with Gasteiger partial charge in [0.05, 0.1) is 20.6 Å². The summed E-state index contributed by atoms with van der Waals surface area (Å²) >= 11 is 8.23. The van der Waals surface area contributed by atoms with Crippen LogP contribution in [0.5, 0.6) is 0 Å². The first-order valence-electron chi connectivity index (χ1n) is 9.93. The zero-order chi connectivity index (χ0) is 17.5. The molecular weight excluding hydrogens is 399 g/mol. The molecule has 1 spiro atoms. The molecule has 1 aromatic carbocycles. The van der Waals surface area contributed by atoms with Crippen LogP contribution in [0.15, 0.2) is 18.2 Å². The maximum Gasteiger partial charge on any atom is 0.261 e. The third-order valence-corrected chi connectivity index (χ3v) is 8.85. The van der Waals surface area contributed by atoms with Gasteiger partial charge in [-0.05, 0) is 80.5 Å². The molecule has 2 aliphatic carbocycles. The first-order chi connectivity index (χ1) is 12.7. The first kappa shape index (κ1) is 18.2. The van der Waals surface area contributed by atoms with Gasteiger partial charge in [-0.15, -0.1) is 23.7 Å². The minimum atomic E-state index is 0. The number of benzene rings is 1. The quantitative estimate of drug-likeness (QED) is 0.735. The number of nitrogens with zero attached hydrogens (tertiary/aromatic N) is 1. The highest BCUT2D eigenvalue weighted by atomic mass is 35.5. The molecule has 144 valence electrons. The summed E-state index contributed by atoms with van der Waals surface area (Å²) in [5.41, 5.74) is 1.55. The number of amides is 1. The summed E-state index contributed by atoms with van der Waals surface area (Å²) < 4.78 is 1.08. The number of hydrogen-bond donors (Lipinski definition) is 1. The molecule has 6 heteroatoms. The van der Waals surface area contributed by atoms with Gasteiger partial charge in [-0.25, -0.2) is 0 Å². The molecule has 1 N–H and O–H groups in total. The molecule has 1 aromatic heterocycles. The Morgan fingerprint density at radius 2 is 1.93 bits per heavy atom. The van der Waals surface area contributed by atoms with Crippen LogP contribution in [-0.4, -0.2) is 35.5 Å². The van der Waals surface area contributed by atoms with Gasteiger partial charge in [0.25, 0.3) is 5.91 Å². The van der Waals surface area contributed by atoms with Gasteiger partial charge >= 0.3 is 0 Å². The average Bonchev–Trinajstić information content (AvgIpc) is 3.58. The molecule has 5 aliphatic rings. The zero-order valence-corrected chi connectivity index (χ0v) is 17.6. The normalized spacial score (nSPS) is 30.3. The molecule has 7 rings (SSSR count). The Balaban J connectivity index is 0.00000160. The van der Waals surface area contributed by atoms with E-state index in [1.54, 1.807) is 11.3 Å². The van der Waals surface area contributed by atoms with Gasteiger partial charge in [0.15, 0.2) is 0 Å². The Morgan fingerprint density at radius 1 is 1.19 bits per heavy atom. The third kappa shape index (κ3) is 2.75. The first-order valence-corrected chi connectivity index (χ1v) is 11.1. The number of hydrogen-bond acceptors (Lipinski definition) is 3. The van der Waals surface area contributed by atoms with Crippen molar-refractivity contribution in [1.82, 2.24) is 10.2 Å². The van der Waals surface area contributed by atoms with Crippen molar-refractivity contribution in [2.45, 2.75) is 56.0 Å². The van der Waals surface area contributed by atoms with Gasteiger partial charge in [-0.2, -0.15) is 0 Å². The molecule has 27 heavy (non-hydrogen) atoms. The van der Waals surface area contributed by atoms with Crippen LogP contribution >= 0.6 is 35.3 Å². The van der Waals surface area contributed by atoms with Gasteiger partial charge in [-0.3, -0.25) is 9.69 Å². The summed E-state index contributed by atoms with van der Waals surface area (Å²) in [6.45, 7) is 2.44. The smallest absolute Gasteiger partial charge is 0.261 e. The molecule has 3 nitrogen and oxygen atoms in total. The number of carbonyl (C=O) groups is 1. The molecule has 0 unspecified atom stereocenters. The molecule has 3 saturated heterocycles. The summed E-state index contributed by atoms with van der Waals surface area (Å²) in [7, 11) is 0. The monoisotopic (exact) mass is 422 g/mol. The van der Waals surface area contributed by atoms with E-state index in [0.717, 1.165) is 20.0 Å². The third-order valence-electron chi connectivity index (χ3n) is 7.17. The van der Waals surface area contributed by atoms with E-state index in [4.69, 9.17) is 11.6 Å². The van der Waals surface area contributed by atoms with E-state index < -0.39 is 0 Å². The van der Waals surface area contributed by atoms with Crippen molar-refractivity contribution in [2.75, 3.05) is 13.1 Å². The van der Waals surface area contributed by atoms with Crippen LogP contribution in [-0.2, 0) is 0 Å². The Labute approximate surface area is 174 Å². The lowest BCUT2D eigenvalue weighted by atomic mass is 9.77. The van der Waals surface area contributed by atoms with Crippen molar-refractivity contribution >= 4 is 51.3 Å². The van der Waals surface area contributed by atoms with Gasteiger partial charge in [0.1, 0.15) is 0 Å². The summed E-state index contributed by atoms with van der Waals surface area (Å²) in [5.74, 6) is 1.39. The zero-order valence-electron chi connectivity index (χ0n) is 15.2. The largest absolute Gasteiger partial charge is 0.346 e. The fraction of sp³-hybridized carbons (Fsp3) is 0.571. The van der Waals surface area contributed by atoms with E-state index in [2.05, 4.69) is 22.3 Å². The van der Waals surface area contributed by atoms with Gasteiger partial charge in [0.2, 0.25) is 0 Å². The van der Waals surface area contributed by atoms with E-state index in [1.807, 2.05) is 6.07 Å². The minimum Gasteiger partial charge on any atom is -0.346 e. The molecular formula is C21H24Cl2N2OS. The number of nitrogens with one attached hydrogen (secondary N) is 1. The van der Waals surface area contributed by atoms with Crippen molar-refractivity contribution < 1.29 is 4.79 Å². The predicted octanol–water partition coefficient (Wildman–Crippen LogP) is 5.21. The Kier molecular flexibility index (Phi) is 4.29. The van der Waals surface area contributed by atoms with Gasteiger partial charge in [0, 0.05) is 5.54 Å². The second-order valence-electron chi connectivity index (χ2n) is 8.65. The van der Waals surface area contributed by atoms with Crippen LogP contribution < -0.4 is 5.32 Å². The molecule has 0 radical (unpaired) electrons. The summed E-state index contributed by atoms with van der Waals surface area (Å²) in [4.78, 5) is 16.5. The van der Waals surface area contributed by atoms with Crippen LogP contribution in [0.3, 0.4) is 0 Å². The van der Waals surface area contributed by atoms with E-state index in [1.165, 1.54) is 57.2 Å². The van der Waals surface area contributed by atoms with Crippen molar-refractivity contribution in [1.29, 1.82) is 0 Å². The van der Waals surface area contributed by atoms with Crippen LogP contribution in [0.4, 0.5) is 0 Å². The predicted molar refractivity (Wildman–Crippen MR) is 114 cm³/mol. The van der Waals surface area contributed by atoms with Crippen molar-refractivity contribution in [3.63, 3.8) is 0 Å². The van der Waals surface area contributed by atoms with Crippen molar-refractivity contribution in [3.05, 3.63) is 33.7 Å². The molecule has 1 amide bonds. The standard InChI is InChI=1S/C21H23ClN2OS.ClH/c22-17-15(12-1-2-12)4-3-14-11-16(26-18(14)17)20(25)23-19-13-5-9-24(10-6-13)21(19)7-8-21;/h3-4,11-13,19H,1-2,5-10H2,(H,23,25);1H/t19-;/m1./s1. The summed E-state index contributed by atoms with van der Waals surface area (Å²) in [6, 6.07) is 6.65. The Bertz CT molecular complexity index is 910.